The minimum atomic E-state index is -3.65. The van der Waals surface area contributed by atoms with E-state index in [1.807, 2.05) is 6.92 Å². The van der Waals surface area contributed by atoms with E-state index >= 15 is 0 Å². The van der Waals surface area contributed by atoms with Gasteiger partial charge in [0.2, 0.25) is 0 Å². The molecule has 1 N–H and O–H groups in total. The Kier molecular flexibility index (Phi) is 3.56. The Balaban J connectivity index is 2.42. The Morgan fingerprint density at radius 3 is 2.58 bits per heavy atom. The normalized spacial score (nSPS) is 11.6. The molecule has 5 nitrogen and oxygen atoms in total. The lowest BCUT2D eigenvalue weighted by Gasteiger charge is -2.10. The highest BCUT2D eigenvalue weighted by atomic mass is 35.5. The molecule has 2 aromatic rings. The van der Waals surface area contributed by atoms with Crippen molar-refractivity contribution < 1.29 is 8.42 Å². The lowest BCUT2D eigenvalue weighted by Crippen LogP contribution is -2.14. The van der Waals surface area contributed by atoms with Gasteiger partial charge in [-0.2, -0.15) is 5.10 Å². The van der Waals surface area contributed by atoms with Gasteiger partial charge in [0.25, 0.3) is 10.0 Å². The molecule has 0 bridgehead atoms. The van der Waals surface area contributed by atoms with E-state index in [4.69, 9.17) is 11.6 Å². The van der Waals surface area contributed by atoms with Crippen LogP contribution in [-0.4, -0.2) is 18.2 Å². The van der Waals surface area contributed by atoms with Gasteiger partial charge in [0.1, 0.15) is 4.90 Å². The quantitative estimate of drug-likeness (QED) is 0.947. The Labute approximate surface area is 117 Å². The van der Waals surface area contributed by atoms with E-state index in [9.17, 15) is 8.42 Å². The third-order valence-corrected chi connectivity index (χ3v) is 4.63. The fraction of sp³-hybridized carbons (Fsp3) is 0.250. The molecule has 1 aromatic heterocycles. The Morgan fingerprint density at radius 1 is 1.32 bits per heavy atom. The van der Waals surface area contributed by atoms with Crippen LogP contribution in [0.1, 0.15) is 11.3 Å². The number of halogens is 1. The second-order valence-corrected chi connectivity index (χ2v) is 6.37. The standard InChI is InChI=1S/C12H14ClN3O2S/c1-8-4-5-10(13)6-11(8)15-19(17,18)12-7-14-16(3)9(12)2/h4-7,15H,1-3H3. The zero-order chi connectivity index (χ0) is 14.2. The van der Waals surface area contributed by atoms with E-state index in [0.717, 1.165) is 5.56 Å². The summed E-state index contributed by atoms with van der Waals surface area (Å²) < 4.78 is 28.6. The first-order valence-electron chi connectivity index (χ1n) is 5.59. The number of rotatable bonds is 3. The molecule has 2 rings (SSSR count). The molecule has 0 unspecified atom stereocenters. The summed E-state index contributed by atoms with van der Waals surface area (Å²) in [6.07, 6.45) is 1.33. The zero-order valence-electron chi connectivity index (χ0n) is 10.8. The minimum absolute atomic E-state index is 0.161. The molecular weight excluding hydrogens is 286 g/mol. The number of anilines is 1. The molecule has 19 heavy (non-hydrogen) atoms. The van der Waals surface area contributed by atoms with E-state index in [1.165, 1.54) is 10.9 Å². The summed E-state index contributed by atoms with van der Waals surface area (Å²) in [7, 11) is -1.96. The van der Waals surface area contributed by atoms with Gasteiger partial charge in [-0.15, -0.1) is 0 Å². The van der Waals surface area contributed by atoms with E-state index in [0.29, 0.717) is 16.4 Å². The van der Waals surface area contributed by atoms with Gasteiger partial charge in [0.15, 0.2) is 0 Å². The second kappa shape index (κ2) is 4.86. The molecular formula is C12H14ClN3O2S. The molecule has 7 heteroatoms. The maximum absolute atomic E-state index is 12.3. The summed E-state index contributed by atoms with van der Waals surface area (Å²) >= 11 is 5.88. The molecule has 1 heterocycles. The predicted molar refractivity (Wildman–Crippen MR) is 74.9 cm³/mol. The van der Waals surface area contributed by atoms with Crippen LogP contribution in [0.15, 0.2) is 29.3 Å². The van der Waals surface area contributed by atoms with Crippen molar-refractivity contribution in [2.75, 3.05) is 4.72 Å². The first-order chi connectivity index (χ1) is 8.81. The maximum Gasteiger partial charge on any atom is 0.265 e. The van der Waals surface area contributed by atoms with Crippen LogP contribution in [-0.2, 0) is 17.1 Å². The molecule has 0 fully saturated rings. The van der Waals surface area contributed by atoms with Gasteiger partial charge in [0, 0.05) is 12.1 Å². The molecule has 0 spiro atoms. The van der Waals surface area contributed by atoms with Gasteiger partial charge >= 0.3 is 0 Å². The minimum Gasteiger partial charge on any atom is -0.279 e. The number of nitrogens with zero attached hydrogens (tertiary/aromatic N) is 2. The van der Waals surface area contributed by atoms with E-state index in [2.05, 4.69) is 9.82 Å². The highest BCUT2D eigenvalue weighted by molar-refractivity contribution is 7.92. The largest absolute Gasteiger partial charge is 0.279 e. The third-order valence-electron chi connectivity index (χ3n) is 2.92. The fourth-order valence-corrected chi connectivity index (χ4v) is 3.14. The summed E-state index contributed by atoms with van der Waals surface area (Å²) in [5.41, 5.74) is 1.84. The number of sulfonamides is 1. The molecule has 0 amide bonds. The summed E-state index contributed by atoms with van der Waals surface area (Å²) in [5.74, 6) is 0. The Morgan fingerprint density at radius 2 is 2.00 bits per heavy atom. The van der Waals surface area contributed by atoms with Gasteiger partial charge in [0.05, 0.1) is 17.6 Å². The number of hydrogen-bond donors (Lipinski definition) is 1. The number of hydrogen-bond acceptors (Lipinski definition) is 3. The number of nitrogens with one attached hydrogen (secondary N) is 1. The molecule has 0 atom stereocenters. The predicted octanol–water partition coefficient (Wildman–Crippen LogP) is 2.49. The smallest absolute Gasteiger partial charge is 0.265 e. The van der Waals surface area contributed by atoms with E-state index in [-0.39, 0.29) is 4.90 Å². The molecule has 0 aliphatic heterocycles. The Bertz CT molecular complexity index is 723. The van der Waals surface area contributed by atoms with Crippen molar-refractivity contribution in [3.05, 3.63) is 40.7 Å². The van der Waals surface area contributed by atoms with E-state index in [1.54, 1.807) is 32.2 Å². The zero-order valence-corrected chi connectivity index (χ0v) is 12.4. The SMILES string of the molecule is Cc1ccc(Cl)cc1NS(=O)(=O)c1cnn(C)c1C. The van der Waals surface area contributed by atoms with Crippen molar-refractivity contribution in [3.63, 3.8) is 0 Å². The lowest BCUT2D eigenvalue weighted by molar-refractivity contribution is 0.600. The van der Waals surface area contributed by atoms with Crippen LogP contribution >= 0.6 is 11.6 Å². The van der Waals surface area contributed by atoms with Gasteiger partial charge in [-0.25, -0.2) is 8.42 Å². The average molecular weight is 300 g/mol. The number of aryl methyl sites for hydroxylation is 2. The van der Waals surface area contributed by atoms with Crippen molar-refractivity contribution in [3.8, 4) is 0 Å². The summed E-state index contributed by atoms with van der Waals surface area (Å²) in [5, 5.41) is 4.41. The van der Waals surface area contributed by atoms with Crippen LogP contribution in [0.25, 0.3) is 0 Å². The summed E-state index contributed by atoms with van der Waals surface area (Å²) in [4.78, 5) is 0.161. The molecule has 0 aliphatic rings. The molecule has 0 saturated heterocycles. The van der Waals surface area contributed by atoms with Crippen molar-refractivity contribution in [2.24, 2.45) is 7.05 Å². The van der Waals surface area contributed by atoms with Crippen LogP contribution in [0, 0.1) is 13.8 Å². The second-order valence-electron chi connectivity index (χ2n) is 4.28. The molecule has 1 aromatic carbocycles. The van der Waals surface area contributed by atoms with Crippen LogP contribution in [0.3, 0.4) is 0 Å². The molecule has 0 saturated carbocycles. The van der Waals surface area contributed by atoms with Gasteiger partial charge in [-0.05, 0) is 31.5 Å². The van der Waals surface area contributed by atoms with Crippen molar-refractivity contribution in [1.29, 1.82) is 0 Å². The first-order valence-corrected chi connectivity index (χ1v) is 7.45. The van der Waals surface area contributed by atoms with Crippen molar-refractivity contribution >= 4 is 27.3 Å². The summed E-state index contributed by atoms with van der Waals surface area (Å²) in [6.45, 7) is 3.51. The number of aromatic nitrogens is 2. The van der Waals surface area contributed by atoms with Crippen molar-refractivity contribution in [1.82, 2.24) is 9.78 Å². The lowest BCUT2D eigenvalue weighted by atomic mass is 10.2. The van der Waals surface area contributed by atoms with Crippen LogP contribution in [0.2, 0.25) is 5.02 Å². The van der Waals surface area contributed by atoms with Gasteiger partial charge < -0.3 is 0 Å². The van der Waals surface area contributed by atoms with Crippen LogP contribution < -0.4 is 4.72 Å². The highest BCUT2D eigenvalue weighted by Gasteiger charge is 2.20. The van der Waals surface area contributed by atoms with Crippen LogP contribution in [0.4, 0.5) is 5.69 Å². The average Bonchev–Trinajstić information content (AvgIpc) is 2.65. The molecule has 0 aliphatic carbocycles. The van der Waals surface area contributed by atoms with Gasteiger partial charge in [-0.1, -0.05) is 17.7 Å². The van der Waals surface area contributed by atoms with E-state index < -0.39 is 10.0 Å². The summed E-state index contributed by atoms with van der Waals surface area (Å²) in [6, 6.07) is 5.06. The monoisotopic (exact) mass is 299 g/mol. The topological polar surface area (TPSA) is 64.0 Å². The van der Waals surface area contributed by atoms with Gasteiger partial charge in [-0.3, -0.25) is 9.40 Å². The first kappa shape index (κ1) is 13.9. The number of benzene rings is 1. The maximum atomic E-state index is 12.3. The molecule has 102 valence electrons. The Hall–Kier alpha value is -1.53. The van der Waals surface area contributed by atoms with Crippen molar-refractivity contribution in [2.45, 2.75) is 18.7 Å². The third kappa shape index (κ3) is 2.74. The highest BCUT2D eigenvalue weighted by Crippen LogP contribution is 2.24. The van der Waals surface area contributed by atoms with Crippen LogP contribution in [0.5, 0.6) is 0 Å². The molecule has 0 radical (unpaired) electrons. The fourth-order valence-electron chi connectivity index (χ4n) is 1.65.